The van der Waals surface area contributed by atoms with Gasteiger partial charge >= 0.3 is 5.97 Å². The largest absolute Gasteiger partial charge is 0.469 e. The molecule has 6 nitrogen and oxygen atoms in total. The molecule has 1 saturated carbocycles. The number of methoxy groups -OCH3 is 1. The Hall–Kier alpha value is -1.53. The molecule has 0 spiro atoms. The van der Waals surface area contributed by atoms with Gasteiger partial charge < -0.3 is 14.9 Å². The fourth-order valence-corrected chi connectivity index (χ4v) is 3.95. The van der Waals surface area contributed by atoms with Crippen LogP contribution in [0.5, 0.6) is 0 Å². The van der Waals surface area contributed by atoms with Crippen LogP contribution in [-0.2, 0) is 19.1 Å². The Bertz CT molecular complexity index is 556. The number of carbonyl (C=O) groups excluding carboxylic acids is 3. The van der Waals surface area contributed by atoms with Crippen molar-refractivity contribution in [2.45, 2.75) is 90.3 Å². The second-order valence-corrected chi connectivity index (χ2v) is 8.38. The summed E-state index contributed by atoms with van der Waals surface area (Å²) < 4.78 is 4.57. The first kappa shape index (κ1) is 25.5. The minimum absolute atomic E-state index is 0.0329. The van der Waals surface area contributed by atoms with Gasteiger partial charge in [0.25, 0.3) is 0 Å². The predicted octanol–water partition coefficient (Wildman–Crippen LogP) is 3.38. The maximum Gasteiger partial charge on any atom is 0.305 e. The molecule has 2 N–H and O–H groups in total. The Morgan fingerprint density at radius 3 is 2.59 bits per heavy atom. The van der Waals surface area contributed by atoms with Crippen LogP contribution in [0.1, 0.15) is 78.1 Å². The topological polar surface area (TPSA) is 101 Å². The molecule has 1 aliphatic rings. The second-order valence-electron chi connectivity index (χ2n) is 8.38. The molecule has 0 bridgehead atoms. The number of hydrogen-bond acceptors (Lipinski definition) is 6. The Morgan fingerprint density at radius 1 is 1.24 bits per heavy atom. The quantitative estimate of drug-likeness (QED) is 0.259. The highest BCUT2D eigenvalue weighted by Crippen LogP contribution is 2.34. The van der Waals surface area contributed by atoms with Gasteiger partial charge in [-0.05, 0) is 25.2 Å². The number of hydrogen-bond donors (Lipinski definition) is 2. The molecule has 0 radical (unpaired) electrons. The average molecular weight is 411 g/mol. The highest BCUT2D eigenvalue weighted by molar-refractivity contribution is 5.90. The number of rotatable bonds is 14. The monoisotopic (exact) mass is 410 g/mol. The molecule has 1 aliphatic carbocycles. The standard InChI is InChI=1S/C23H38O6/c1-4-5-8-16(2)13-18(25)11-12-19-20(22(27)15-21(19)26)14-17(24)9-6-7-10-23(28)29-3/h11-12,16,18-21,25-26H,4-10,13-15H2,1-3H3/t16-,18?,19+,20+,21?/m0/s1. The van der Waals surface area contributed by atoms with Crippen LogP contribution < -0.4 is 0 Å². The summed E-state index contributed by atoms with van der Waals surface area (Å²) in [7, 11) is 1.33. The van der Waals surface area contributed by atoms with Crippen LogP contribution >= 0.6 is 0 Å². The Labute approximate surface area is 174 Å². The van der Waals surface area contributed by atoms with Gasteiger partial charge in [-0.25, -0.2) is 0 Å². The van der Waals surface area contributed by atoms with Gasteiger partial charge in [0.15, 0.2) is 0 Å². The summed E-state index contributed by atoms with van der Waals surface area (Å²) in [5, 5.41) is 20.5. The van der Waals surface area contributed by atoms with Crippen molar-refractivity contribution < 1.29 is 29.3 Å². The number of Topliss-reactive ketones (excluding diaryl/α,β-unsaturated/α-hetero) is 2. The zero-order chi connectivity index (χ0) is 21.8. The molecule has 1 fully saturated rings. The Morgan fingerprint density at radius 2 is 1.93 bits per heavy atom. The van der Waals surface area contributed by atoms with Crippen molar-refractivity contribution in [1.82, 2.24) is 0 Å². The van der Waals surface area contributed by atoms with E-state index in [1.807, 2.05) is 0 Å². The minimum Gasteiger partial charge on any atom is -0.469 e. The van der Waals surface area contributed by atoms with Crippen LogP contribution in [0, 0.1) is 17.8 Å². The number of aliphatic hydroxyl groups is 2. The first-order valence-corrected chi connectivity index (χ1v) is 10.9. The lowest BCUT2D eigenvalue weighted by atomic mass is 9.87. The van der Waals surface area contributed by atoms with Crippen molar-refractivity contribution in [2.24, 2.45) is 17.8 Å². The highest BCUT2D eigenvalue weighted by atomic mass is 16.5. The van der Waals surface area contributed by atoms with Crippen molar-refractivity contribution in [2.75, 3.05) is 7.11 Å². The number of ether oxygens (including phenoxy) is 1. The number of ketones is 2. The third-order valence-corrected chi connectivity index (χ3v) is 5.74. The fourth-order valence-electron chi connectivity index (χ4n) is 3.95. The zero-order valence-corrected chi connectivity index (χ0v) is 18.1. The van der Waals surface area contributed by atoms with E-state index >= 15 is 0 Å². The molecule has 6 heteroatoms. The molecule has 0 aromatic heterocycles. The lowest BCUT2D eigenvalue weighted by molar-refractivity contribution is -0.140. The van der Waals surface area contributed by atoms with Gasteiger partial charge in [0.2, 0.25) is 0 Å². The van der Waals surface area contributed by atoms with E-state index in [1.54, 1.807) is 12.2 Å². The molecule has 2 unspecified atom stereocenters. The summed E-state index contributed by atoms with van der Waals surface area (Å²) in [6, 6.07) is 0. The number of carbonyl (C=O) groups is 3. The minimum atomic E-state index is -0.805. The normalized spacial score (nSPS) is 24.0. The van der Waals surface area contributed by atoms with E-state index in [0.29, 0.717) is 31.6 Å². The SMILES string of the molecule is CCCC[C@H](C)CC(O)C=C[C@H]1C(O)CC(=O)[C@@H]1CC(=O)CCCCC(=O)OC. The first-order chi connectivity index (χ1) is 13.8. The third-order valence-electron chi connectivity index (χ3n) is 5.74. The van der Waals surface area contributed by atoms with Crippen LogP contribution in [0.25, 0.3) is 0 Å². The number of esters is 1. The molecule has 1 rings (SSSR count). The van der Waals surface area contributed by atoms with Gasteiger partial charge in [-0.15, -0.1) is 0 Å². The number of unbranched alkanes of at least 4 members (excludes halogenated alkanes) is 2. The third kappa shape index (κ3) is 9.68. The van der Waals surface area contributed by atoms with Gasteiger partial charge in [0.1, 0.15) is 11.6 Å². The van der Waals surface area contributed by atoms with E-state index in [2.05, 4.69) is 18.6 Å². The van der Waals surface area contributed by atoms with Crippen LogP contribution in [-0.4, -0.2) is 47.1 Å². The van der Waals surface area contributed by atoms with Gasteiger partial charge in [0, 0.05) is 37.5 Å². The van der Waals surface area contributed by atoms with E-state index in [9.17, 15) is 24.6 Å². The van der Waals surface area contributed by atoms with Crippen molar-refractivity contribution in [3.8, 4) is 0 Å². The summed E-state index contributed by atoms with van der Waals surface area (Å²) in [4.78, 5) is 35.6. The molecular weight excluding hydrogens is 372 g/mol. The van der Waals surface area contributed by atoms with Crippen molar-refractivity contribution in [3.63, 3.8) is 0 Å². The summed E-state index contributed by atoms with van der Waals surface area (Å²) in [6.45, 7) is 4.25. The molecule has 5 atom stereocenters. The first-order valence-electron chi connectivity index (χ1n) is 10.9. The second kappa shape index (κ2) is 13.6. The fraction of sp³-hybridized carbons (Fsp3) is 0.783. The summed E-state index contributed by atoms with van der Waals surface area (Å²) >= 11 is 0. The Balaban J connectivity index is 2.52. The molecule has 29 heavy (non-hydrogen) atoms. The van der Waals surface area contributed by atoms with Crippen LogP contribution in [0.3, 0.4) is 0 Å². The molecule has 0 aliphatic heterocycles. The van der Waals surface area contributed by atoms with E-state index in [-0.39, 0.29) is 36.8 Å². The maximum atomic E-state index is 12.3. The van der Waals surface area contributed by atoms with Gasteiger partial charge in [0.05, 0.1) is 19.3 Å². The summed E-state index contributed by atoms with van der Waals surface area (Å²) in [6.07, 6.45) is 7.86. The average Bonchev–Trinajstić information content (AvgIpc) is 2.94. The molecule has 0 aromatic rings. The van der Waals surface area contributed by atoms with Crippen molar-refractivity contribution >= 4 is 17.5 Å². The molecule has 166 valence electrons. The van der Waals surface area contributed by atoms with E-state index in [4.69, 9.17) is 0 Å². The van der Waals surface area contributed by atoms with E-state index in [1.165, 1.54) is 7.11 Å². The molecule has 0 saturated heterocycles. The van der Waals surface area contributed by atoms with E-state index < -0.39 is 24.0 Å². The van der Waals surface area contributed by atoms with Crippen LogP contribution in [0.15, 0.2) is 12.2 Å². The molecule has 0 heterocycles. The van der Waals surface area contributed by atoms with Crippen molar-refractivity contribution in [1.29, 1.82) is 0 Å². The smallest absolute Gasteiger partial charge is 0.305 e. The summed E-state index contributed by atoms with van der Waals surface area (Å²) in [5.41, 5.74) is 0. The van der Waals surface area contributed by atoms with Gasteiger partial charge in [-0.3, -0.25) is 14.4 Å². The zero-order valence-electron chi connectivity index (χ0n) is 18.1. The lowest BCUT2D eigenvalue weighted by Gasteiger charge is -2.18. The van der Waals surface area contributed by atoms with E-state index in [0.717, 1.165) is 19.3 Å². The number of aliphatic hydroxyl groups excluding tert-OH is 2. The Kier molecular flexibility index (Phi) is 12.0. The predicted molar refractivity (Wildman–Crippen MR) is 111 cm³/mol. The molecule has 0 aromatic carbocycles. The van der Waals surface area contributed by atoms with Gasteiger partial charge in [-0.1, -0.05) is 45.3 Å². The molecule has 0 amide bonds. The van der Waals surface area contributed by atoms with Crippen molar-refractivity contribution in [3.05, 3.63) is 12.2 Å². The van der Waals surface area contributed by atoms with Crippen LogP contribution in [0.4, 0.5) is 0 Å². The lowest BCUT2D eigenvalue weighted by Crippen LogP contribution is -2.22. The molecular formula is C23H38O6. The summed E-state index contributed by atoms with van der Waals surface area (Å²) in [5.74, 6) is -0.970. The van der Waals surface area contributed by atoms with Crippen LogP contribution in [0.2, 0.25) is 0 Å². The maximum absolute atomic E-state index is 12.3. The highest BCUT2D eigenvalue weighted by Gasteiger charge is 2.40. The van der Waals surface area contributed by atoms with Gasteiger partial charge in [-0.2, -0.15) is 0 Å².